The molecule has 2 aromatic rings. The number of methoxy groups -OCH3 is 2. The molecule has 0 saturated heterocycles. The van der Waals surface area contributed by atoms with E-state index in [9.17, 15) is 4.79 Å². The van der Waals surface area contributed by atoms with Crippen molar-refractivity contribution in [2.75, 3.05) is 14.2 Å². The molecule has 0 unspecified atom stereocenters. The number of benzene rings is 1. The van der Waals surface area contributed by atoms with Gasteiger partial charge in [-0.05, 0) is 18.3 Å². The van der Waals surface area contributed by atoms with Crippen LogP contribution in [-0.4, -0.2) is 29.7 Å². The number of nitrogens with zero attached hydrogens (tertiary/aromatic N) is 1. The van der Waals surface area contributed by atoms with Crippen molar-refractivity contribution in [3.63, 3.8) is 0 Å². The van der Waals surface area contributed by atoms with E-state index in [1.807, 2.05) is 31.3 Å². The van der Waals surface area contributed by atoms with Gasteiger partial charge in [0.05, 0.1) is 19.9 Å². The number of rotatable bonds is 4. The Bertz CT molecular complexity index is 688. The first-order valence-electron chi connectivity index (χ1n) is 6.06. The highest BCUT2D eigenvalue weighted by molar-refractivity contribution is 7.71. The Kier molecular flexibility index (Phi) is 4.24. The number of esters is 1. The normalized spacial score (nSPS) is 10.3. The summed E-state index contributed by atoms with van der Waals surface area (Å²) in [7, 11) is 4.78. The Labute approximate surface area is 122 Å². The standard InChI is InChI=1S/C14H16N2O3S/c1-16-10(12(13(17)19-3)15-14(16)20)8-9-6-4-5-7-11(9)18-2/h4-7H,8H2,1-3H3,(H,15,20). The number of H-pyrrole nitrogens is 1. The Morgan fingerprint density at radius 1 is 1.35 bits per heavy atom. The van der Waals surface area contributed by atoms with Crippen molar-refractivity contribution in [3.8, 4) is 5.75 Å². The molecule has 0 aliphatic rings. The molecule has 0 bridgehead atoms. The fraction of sp³-hybridized carbons (Fsp3) is 0.286. The molecule has 0 spiro atoms. The quantitative estimate of drug-likeness (QED) is 0.695. The molecule has 2 rings (SSSR count). The van der Waals surface area contributed by atoms with Crippen LogP contribution >= 0.6 is 12.2 Å². The third kappa shape index (κ3) is 2.60. The van der Waals surface area contributed by atoms with Crippen LogP contribution in [0.15, 0.2) is 24.3 Å². The summed E-state index contributed by atoms with van der Waals surface area (Å²) in [4.78, 5) is 14.7. The smallest absolute Gasteiger partial charge is 0.356 e. The third-order valence-electron chi connectivity index (χ3n) is 3.17. The van der Waals surface area contributed by atoms with Crippen LogP contribution < -0.4 is 4.74 Å². The SMILES string of the molecule is COC(=O)c1[nH]c(=S)n(C)c1Cc1ccccc1OC. The van der Waals surface area contributed by atoms with E-state index in [0.29, 0.717) is 16.9 Å². The number of imidazole rings is 1. The summed E-state index contributed by atoms with van der Waals surface area (Å²) in [5, 5.41) is 0. The maximum absolute atomic E-state index is 11.8. The number of nitrogens with one attached hydrogen (secondary N) is 1. The van der Waals surface area contributed by atoms with Crippen LogP contribution in [0, 0.1) is 4.77 Å². The third-order valence-corrected chi connectivity index (χ3v) is 3.55. The van der Waals surface area contributed by atoms with Crippen molar-refractivity contribution >= 4 is 18.2 Å². The minimum absolute atomic E-state index is 0.380. The van der Waals surface area contributed by atoms with E-state index in [2.05, 4.69) is 4.98 Å². The molecule has 0 aliphatic heterocycles. The van der Waals surface area contributed by atoms with Crippen molar-refractivity contribution in [2.24, 2.45) is 7.05 Å². The Morgan fingerprint density at radius 3 is 2.70 bits per heavy atom. The first-order chi connectivity index (χ1) is 9.58. The summed E-state index contributed by atoms with van der Waals surface area (Å²) in [5.74, 6) is 0.344. The van der Waals surface area contributed by atoms with Crippen LogP contribution in [0.5, 0.6) is 5.75 Å². The van der Waals surface area contributed by atoms with Crippen molar-refractivity contribution in [1.29, 1.82) is 0 Å². The number of para-hydroxylation sites is 1. The molecule has 0 saturated carbocycles. The lowest BCUT2D eigenvalue weighted by Crippen LogP contribution is -2.08. The van der Waals surface area contributed by atoms with Crippen molar-refractivity contribution < 1.29 is 14.3 Å². The van der Waals surface area contributed by atoms with Gasteiger partial charge in [0.15, 0.2) is 4.77 Å². The molecule has 0 atom stereocenters. The van der Waals surface area contributed by atoms with Gasteiger partial charge in [-0.3, -0.25) is 0 Å². The summed E-state index contributed by atoms with van der Waals surface area (Å²) in [6.45, 7) is 0. The van der Waals surface area contributed by atoms with Gasteiger partial charge in [-0.1, -0.05) is 18.2 Å². The van der Waals surface area contributed by atoms with Crippen LogP contribution in [0.1, 0.15) is 21.7 Å². The molecular formula is C14H16N2O3S. The van der Waals surface area contributed by atoms with Gasteiger partial charge in [0.1, 0.15) is 11.4 Å². The molecule has 0 amide bonds. The van der Waals surface area contributed by atoms with E-state index in [1.54, 1.807) is 11.7 Å². The van der Waals surface area contributed by atoms with Gasteiger partial charge in [-0.25, -0.2) is 4.79 Å². The predicted molar refractivity (Wildman–Crippen MR) is 77.7 cm³/mol. The fourth-order valence-corrected chi connectivity index (χ4v) is 2.27. The summed E-state index contributed by atoms with van der Waals surface area (Å²) in [6.07, 6.45) is 0.526. The highest BCUT2D eigenvalue weighted by Crippen LogP contribution is 2.22. The number of aromatic amines is 1. The van der Waals surface area contributed by atoms with Gasteiger partial charge in [-0.15, -0.1) is 0 Å². The molecule has 1 aromatic heterocycles. The van der Waals surface area contributed by atoms with E-state index in [4.69, 9.17) is 21.7 Å². The molecular weight excluding hydrogens is 276 g/mol. The molecule has 1 aromatic carbocycles. The molecule has 0 aliphatic carbocycles. The maximum atomic E-state index is 11.8. The van der Waals surface area contributed by atoms with E-state index in [1.165, 1.54) is 7.11 Å². The highest BCUT2D eigenvalue weighted by atomic mass is 32.1. The van der Waals surface area contributed by atoms with E-state index in [0.717, 1.165) is 17.0 Å². The molecule has 0 fully saturated rings. The molecule has 5 nitrogen and oxygen atoms in total. The number of aromatic nitrogens is 2. The van der Waals surface area contributed by atoms with E-state index >= 15 is 0 Å². The average Bonchev–Trinajstić information content (AvgIpc) is 2.75. The zero-order chi connectivity index (χ0) is 14.7. The van der Waals surface area contributed by atoms with Gasteiger partial charge in [0.25, 0.3) is 0 Å². The predicted octanol–water partition coefficient (Wildman–Crippen LogP) is 2.47. The van der Waals surface area contributed by atoms with Crippen molar-refractivity contribution in [3.05, 3.63) is 46.0 Å². The van der Waals surface area contributed by atoms with Crippen molar-refractivity contribution in [2.45, 2.75) is 6.42 Å². The number of hydrogen-bond acceptors (Lipinski definition) is 4. The second-order valence-electron chi connectivity index (χ2n) is 4.29. The Hall–Kier alpha value is -2.08. The fourth-order valence-electron chi connectivity index (χ4n) is 2.06. The largest absolute Gasteiger partial charge is 0.496 e. The summed E-state index contributed by atoms with van der Waals surface area (Å²) in [6, 6.07) is 7.67. The lowest BCUT2D eigenvalue weighted by Gasteiger charge is -2.09. The number of ether oxygens (including phenoxy) is 2. The van der Waals surface area contributed by atoms with Gasteiger partial charge in [-0.2, -0.15) is 0 Å². The lowest BCUT2D eigenvalue weighted by atomic mass is 10.1. The lowest BCUT2D eigenvalue weighted by molar-refractivity contribution is 0.0593. The molecule has 1 N–H and O–H groups in total. The minimum Gasteiger partial charge on any atom is -0.496 e. The number of hydrogen-bond donors (Lipinski definition) is 1. The highest BCUT2D eigenvalue weighted by Gasteiger charge is 2.18. The van der Waals surface area contributed by atoms with Gasteiger partial charge < -0.3 is 19.0 Å². The summed E-state index contributed by atoms with van der Waals surface area (Å²) < 4.78 is 12.4. The second kappa shape index (κ2) is 5.92. The number of carbonyl (C=O) groups excluding carboxylic acids is 1. The van der Waals surface area contributed by atoms with Crippen LogP contribution in [0.2, 0.25) is 0 Å². The molecule has 6 heteroatoms. The van der Waals surface area contributed by atoms with Crippen LogP contribution in [-0.2, 0) is 18.2 Å². The first kappa shape index (κ1) is 14.3. The van der Waals surface area contributed by atoms with Crippen LogP contribution in [0.3, 0.4) is 0 Å². The monoisotopic (exact) mass is 292 g/mol. The molecule has 0 radical (unpaired) electrons. The maximum Gasteiger partial charge on any atom is 0.356 e. The number of carbonyl (C=O) groups is 1. The van der Waals surface area contributed by atoms with Gasteiger partial charge in [0, 0.05) is 19.0 Å². The molecule has 1 heterocycles. The Morgan fingerprint density at radius 2 is 2.05 bits per heavy atom. The average molecular weight is 292 g/mol. The summed E-state index contributed by atoms with van der Waals surface area (Å²) in [5.41, 5.74) is 2.13. The van der Waals surface area contributed by atoms with E-state index < -0.39 is 5.97 Å². The minimum atomic E-state index is -0.429. The van der Waals surface area contributed by atoms with Crippen LogP contribution in [0.25, 0.3) is 0 Å². The van der Waals surface area contributed by atoms with E-state index in [-0.39, 0.29) is 0 Å². The topological polar surface area (TPSA) is 56.2 Å². The summed E-state index contributed by atoms with van der Waals surface area (Å²) >= 11 is 5.17. The zero-order valence-corrected chi connectivity index (χ0v) is 12.4. The molecule has 20 heavy (non-hydrogen) atoms. The first-order valence-corrected chi connectivity index (χ1v) is 6.47. The van der Waals surface area contributed by atoms with Crippen LogP contribution in [0.4, 0.5) is 0 Å². The second-order valence-corrected chi connectivity index (χ2v) is 4.68. The van der Waals surface area contributed by atoms with Gasteiger partial charge >= 0.3 is 5.97 Å². The Balaban J connectivity index is 2.48. The molecule has 106 valence electrons. The van der Waals surface area contributed by atoms with Gasteiger partial charge in [0.2, 0.25) is 0 Å². The van der Waals surface area contributed by atoms with Crippen molar-refractivity contribution in [1.82, 2.24) is 9.55 Å². The zero-order valence-electron chi connectivity index (χ0n) is 11.6.